The molecule has 0 saturated heterocycles. The molecule has 1 fully saturated rings. The summed E-state index contributed by atoms with van der Waals surface area (Å²) >= 11 is 0. The number of nitrogens with zero attached hydrogens (tertiary/aromatic N) is 1. The Morgan fingerprint density at radius 3 is 2.64 bits per heavy atom. The third kappa shape index (κ3) is 4.54. The Morgan fingerprint density at radius 1 is 1.20 bits per heavy atom. The minimum Gasteiger partial charge on any atom is -0.338 e. The fourth-order valence-corrected chi connectivity index (χ4v) is 3.09. The van der Waals surface area contributed by atoms with Gasteiger partial charge in [0.05, 0.1) is 5.69 Å². The van der Waals surface area contributed by atoms with Crippen LogP contribution in [0.3, 0.4) is 0 Å². The van der Waals surface area contributed by atoms with Crippen LogP contribution in [0.4, 0.5) is 20.3 Å². The van der Waals surface area contributed by atoms with E-state index < -0.39 is 11.6 Å². The maximum atomic E-state index is 13.8. The second-order valence-electron chi connectivity index (χ2n) is 7.10. The smallest absolute Gasteiger partial charge is 0.149 e. The van der Waals surface area contributed by atoms with Crippen LogP contribution in [0, 0.1) is 17.6 Å². The van der Waals surface area contributed by atoms with Crippen molar-refractivity contribution in [3.05, 3.63) is 53.2 Å². The molecule has 0 bridgehead atoms. The van der Waals surface area contributed by atoms with Crippen LogP contribution in [0.25, 0.3) is 0 Å². The van der Waals surface area contributed by atoms with Gasteiger partial charge in [0.15, 0.2) is 0 Å². The van der Waals surface area contributed by atoms with Gasteiger partial charge in [0.25, 0.3) is 0 Å². The van der Waals surface area contributed by atoms with Gasteiger partial charge in [0, 0.05) is 18.8 Å². The molecule has 134 valence electrons. The number of hydrogen-bond acceptors (Lipinski definition) is 3. The fourth-order valence-electron chi connectivity index (χ4n) is 3.09. The van der Waals surface area contributed by atoms with Gasteiger partial charge < -0.3 is 10.6 Å². The molecule has 1 saturated carbocycles. The first-order chi connectivity index (χ1) is 12.0. The highest BCUT2D eigenvalue weighted by atomic mass is 19.1. The Morgan fingerprint density at radius 2 is 2.00 bits per heavy atom. The van der Waals surface area contributed by atoms with E-state index >= 15 is 0 Å². The van der Waals surface area contributed by atoms with Gasteiger partial charge in [-0.05, 0) is 60.5 Å². The monoisotopic (exact) mass is 345 g/mol. The third-order valence-corrected chi connectivity index (χ3v) is 4.81. The lowest BCUT2D eigenvalue weighted by Gasteiger charge is -2.25. The van der Waals surface area contributed by atoms with Gasteiger partial charge in [-0.15, -0.1) is 0 Å². The Balaban J connectivity index is 1.71. The molecule has 3 nitrogen and oxygen atoms in total. The summed E-state index contributed by atoms with van der Waals surface area (Å²) in [5.74, 6) is 0.503. The van der Waals surface area contributed by atoms with Gasteiger partial charge in [-0.3, -0.25) is 0 Å². The molecule has 0 amide bonds. The lowest BCUT2D eigenvalue weighted by Crippen LogP contribution is -2.27. The zero-order valence-corrected chi connectivity index (χ0v) is 14.8. The second-order valence-corrected chi connectivity index (χ2v) is 7.10. The minimum absolute atomic E-state index is 0.222. The summed E-state index contributed by atoms with van der Waals surface area (Å²) in [5.41, 5.74) is 2.57. The highest BCUT2D eigenvalue weighted by Crippen LogP contribution is 2.27. The normalized spacial score (nSPS) is 14.6. The van der Waals surface area contributed by atoms with Gasteiger partial charge in [0.2, 0.25) is 0 Å². The minimum atomic E-state index is -0.626. The summed E-state index contributed by atoms with van der Waals surface area (Å²) in [6.45, 7) is 6.11. The van der Waals surface area contributed by atoms with E-state index in [1.54, 1.807) is 0 Å². The number of rotatable bonds is 7. The van der Waals surface area contributed by atoms with Gasteiger partial charge in [-0.1, -0.05) is 20.3 Å². The lowest BCUT2D eigenvalue weighted by atomic mass is 9.85. The molecule has 0 aliphatic heterocycles. The topological polar surface area (TPSA) is 37.0 Å². The summed E-state index contributed by atoms with van der Waals surface area (Å²) in [6.07, 6.45) is 5.85. The van der Waals surface area contributed by atoms with Crippen LogP contribution in [0.5, 0.6) is 0 Å². The standard InChI is InChI=1S/C20H25F2N3/c1-13(2)17-9-20(25-19-7-6-16(21)8-18(19)22)24-12-15(17)11-23-10-14-4-3-5-14/h6-9,12-14,23H,3-5,10-11H2,1-2H3,(H,24,25). The molecule has 0 atom stereocenters. The summed E-state index contributed by atoms with van der Waals surface area (Å²) in [7, 11) is 0. The molecule has 0 radical (unpaired) electrons. The molecule has 2 aromatic rings. The highest BCUT2D eigenvalue weighted by Gasteiger charge is 2.17. The summed E-state index contributed by atoms with van der Waals surface area (Å²) in [6, 6.07) is 5.43. The molecule has 1 aromatic carbocycles. The Kier molecular flexibility index (Phi) is 5.63. The molecule has 0 spiro atoms. The predicted octanol–water partition coefficient (Wildman–Crippen LogP) is 5.12. The van der Waals surface area contributed by atoms with E-state index in [1.807, 2.05) is 12.3 Å². The molecule has 5 heteroatoms. The van der Waals surface area contributed by atoms with Crippen molar-refractivity contribution >= 4 is 11.5 Å². The molecule has 1 heterocycles. The zero-order valence-electron chi connectivity index (χ0n) is 14.8. The number of hydrogen-bond donors (Lipinski definition) is 2. The van der Waals surface area contributed by atoms with Crippen molar-refractivity contribution in [1.29, 1.82) is 0 Å². The van der Waals surface area contributed by atoms with E-state index in [0.29, 0.717) is 11.7 Å². The molecule has 3 rings (SSSR count). The number of aromatic nitrogens is 1. The number of pyridine rings is 1. The molecule has 1 aromatic heterocycles. The number of nitrogens with one attached hydrogen (secondary N) is 2. The first-order valence-corrected chi connectivity index (χ1v) is 8.94. The predicted molar refractivity (Wildman–Crippen MR) is 97.0 cm³/mol. The molecule has 2 N–H and O–H groups in total. The Bertz CT molecular complexity index is 727. The molecule has 0 unspecified atom stereocenters. The van der Waals surface area contributed by atoms with Crippen molar-refractivity contribution in [1.82, 2.24) is 10.3 Å². The van der Waals surface area contributed by atoms with Crippen molar-refractivity contribution in [3.8, 4) is 0 Å². The maximum absolute atomic E-state index is 13.8. The number of anilines is 2. The van der Waals surface area contributed by atoms with Gasteiger partial charge in [-0.2, -0.15) is 0 Å². The quantitative estimate of drug-likeness (QED) is 0.731. The van der Waals surface area contributed by atoms with Crippen LogP contribution >= 0.6 is 0 Å². The molecule has 1 aliphatic rings. The highest BCUT2D eigenvalue weighted by molar-refractivity contribution is 5.58. The van der Waals surface area contributed by atoms with Crippen LogP contribution in [-0.4, -0.2) is 11.5 Å². The van der Waals surface area contributed by atoms with E-state index in [9.17, 15) is 8.78 Å². The van der Waals surface area contributed by atoms with Crippen LogP contribution in [0.1, 0.15) is 50.2 Å². The summed E-state index contributed by atoms with van der Waals surface area (Å²) < 4.78 is 26.8. The third-order valence-electron chi connectivity index (χ3n) is 4.81. The lowest BCUT2D eigenvalue weighted by molar-refractivity contribution is 0.301. The Labute approximate surface area is 147 Å². The van der Waals surface area contributed by atoms with E-state index in [4.69, 9.17) is 0 Å². The van der Waals surface area contributed by atoms with Crippen molar-refractivity contribution in [2.45, 2.75) is 45.6 Å². The van der Waals surface area contributed by atoms with Crippen LogP contribution in [0.2, 0.25) is 0 Å². The average Bonchev–Trinajstić information content (AvgIpc) is 2.53. The van der Waals surface area contributed by atoms with E-state index in [2.05, 4.69) is 29.5 Å². The van der Waals surface area contributed by atoms with Gasteiger partial charge in [-0.25, -0.2) is 13.8 Å². The maximum Gasteiger partial charge on any atom is 0.149 e. The number of halogens is 2. The summed E-state index contributed by atoms with van der Waals surface area (Å²) in [4.78, 5) is 4.40. The number of benzene rings is 1. The fraction of sp³-hybridized carbons (Fsp3) is 0.450. The first kappa shape index (κ1) is 17.8. The van der Waals surface area contributed by atoms with Crippen molar-refractivity contribution in [2.24, 2.45) is 5.92 Å². The molecule has 25 heavy (non-hydrogen) atoms. The van der Waals surface area contributed by atoms with Crippen LogP contribution in [0.15, 0.2) is 30.5 Å². The molecule has 1 aliphatic carbocycles. The second kappa shape index (κ2) is 7.91. The summed E-state index contributed by atoms with van der Waals surface area (Å²) in [5, 5.41) is 6.46. The van der Waals surface area contributed by atoms with Crippen molar-refractivity contribution < 1.29 is 8.78 Å². The first-order valence-electron chi connectivity index (χ1n) is 8.94. The zero-order chi connectivity index (χ0) is 17.8. The molecular formula is C20H25F2N3. The van der Waals surface area contributed by atoms with E-state index in [-0.39, 0.29) is 5.69 Å². The van der Waals surface area contributed by atoms with Crippen LogP contribution < -0.4 is 10.6 Å². The van der Waals surface area contributed by atoms with Gasteiger partial charge >= 0.3 is 0 Å². The van der Waals surface area contributed by atoms with Crippen LogP contribution in [-0.2, 0) is 6.54 Å². The van der Waals surface area contributed by atoms with Crippen molar-refractivity contribution in [2.75, 3.05) is 11.9 Å². The average molecular weight is 345 g/mol. The van der Waals surface area contributed by atoms with E-state index in [1.165, 1.54) is 42.5 Å². The van der Waals surface area contributed by atoms with Crippen molar-refractivity contribution in [3.63, 3.8) is 0 Å². The SMILES string of the molecule is CC(C)c1cc(Nc2ccc(F)cc2F)ncc1CNCC1CCC1. The largest absolute Gasteiger partial charge is 0.338 e. The van der Waals surface area contributed by atoms with Gasteiger partial charge in [0.1, 0.15) is 17.5 Å². The van der Waals surface area contributed by atoms with E-state index in [0.717, 1.165) is 25.1 Å². The molecular weight excluding hydrogens is 320 g/mol. The Hall–Kier alpha value is -2.01.